The minimum absolute atomic E-state index is 0.162. The van der Waals surface area contributed by atoms with Crippen LogP contribution in [-0.2, 0) is 4.79 Å². The molecule has 2 rings (SSSR count). The van der Waals surface area contributed by atoms with Gasteiger partial charge < -0.3 is 24.8 Å². The Kier molecular flexibility index (Phi) is 7.05. The molecule has 144 valence electrons. The molecule has 0 unspecified atom stereocenters. The van der Waals surface area contributed by atoms with Gasteiger partial charge in [0.2, 0.25) is 5.91 Å². The molecule has 2 aromatic rings. The van der Waals surface area contributed by atoms with Gasteiger partial charge >= 0.3 is 0 Å². The van der Waals surface area contributed by atoms with Crippen LogP contribution in [0.5, 0.6) is 17.2 Å². The topological polar surface area (TPSA) is 85.9 Å². The zero-order chi connectivity index (χ0) is 19.8. The van der Waals surface area contributed by atoms with E-state index in [1.165, 1.54) is 14.2 Å². The standard InChI is InChI=1S/C20H24N2O5/c1-5-27-16-8-6-15(7-9-16)22-19(23)12-21-20(24)14-10-17(25-3)13(2)18(11-14)26-4/h6-11H,5,12H2,1-4H3,(H,21,24)(H,22,23). The van der Waals surface area contributed by atoms with Crippen molar-refractivity contribution in [3.8, 4) is 17.2 Å². The van der Waals surface area contributed by atoms with Crippen LogP contribution in [0.25, 0.3) is 0 Å². The van der Waals surface area contributed by atoms with Crippen LogP contribution in [0.4, 0.5) is 5.69 Å². The van der Waals surface area contributed by atoms with E-state index in [0.29, 0.717) is 29.4 Å². The molecule has 27 heavy (non-hydrogen) atoms. The summed E-state index contributed by atoms with van der Waals surface area (Å²) in [4.78, 5) is 24.4. The molecule has 7 nitrogen and oxygen atoms in total. The van der Waals surface area contributed by atoms with E-state index in [9.17, 15) is 9.59 Å². The van der Waals surface area contributed by atoms with Crippen LogP contribution in [-0.4, -0.2) is 39.2 Å². The van der Waals surface area contributed by atoms with Crippen molar-refractivity contribution in [2.45, 2.75) is 13.8 Å². The number of methoxy groups -OCH3 is 2. The van der Waals surface area contributed by atoms with Crippen molar-refractivity contribution >= 4 is 17.5 Å². The Hall–Kier alpha value is -3.22. The van der Waals surface area contributed by atoms with Crippen LogP contribution < -0.4 is 24.8 Å². The van der Waals surface area contributed by atoms with E-state index in [0.717, 1.165) is 11.3 Å². The number of benzene rings is 2. The van der Waals surface area contributed by atoms with Crippen molar-refractivity contribution in [1.29, 1.82) is 0 Å². The van der Waals surface area contributed by atoms with E-state index in [4.69, 9.17) is 14.2 Å². The van der Waals surface area contributed by atoms with Crippen LogP contribution in [0.3, 0.4) is 0 Å². The van der Waals surface area contributed by atoms with Crippen LogP contribution in [0, 0.1) is 6.92 Å². The molecule has 0 spiro atoms. The number of carbonyl (C=O) groups excluding carboxylic acids is 2. The molecule has 7 heteroatoms. The van der Waals surface area contributed by atoms with Crippen molar-refractivity contribution in [2.24, 2.45) is 0 Å². The molecule has 0 aliphatic rings. The molecule has 2 aromatic carbocycles. The summed E-state index contributed by atoms with van der Waals surface area (Å²) >= 11 is 0. The first-order chi connectivity index (χ1) is 13.0. The lowest BCUT2D eigenvalue weighted by molar-refractivity contribution is -0.115. The number of nitrogens with one attached hydrogen (secondary N) is 2. The fourth-order valence-corrected chi connectivity index (χ4v) is 2.49. The number of rotatable bonds is 8. The van der Waals surface area contributed by atoms with E-state index in [1.54, 1.807) is 36.4 Å². The molecular weight excluding hydrogens is 348 g/mol. The summed E-state index contributed by atoms with van der Waals surface area (Å²) in [5, 5.41) is 5.30. The normalized spacial score (nSPS) is 10.1. The Morgan fingerprint density at radius 2 is 1.59 bits per heavy atom. The first-order valence-electron chi connectivity index (χ1n) is 8.52. The van der Waals surface area contributed by atoms with Crippen molar-refractivity contribution in [2.75, 3.05) is 32.7 Å². The van der Waals surface area contributed by atoms with Gasteiger partial charge in [0.05, 0.1) is 27.4 Å². The largest absolute Gasteiger partial charge is 0.496 e. The summed E-state index contributed by atoms with van der Waals surface area (Å²) in [7, 11) is 3.04. The van der Waals surface area contributed by atoms with E-state index >= 15 is 0 Å². The predicted molar refractivity (Wildman–Crippen MR) is 103 cm³/mol. The number of hydrogen-bond donors (Lipinski definition) is 2. The van der Waals surface area contributed by atoms with Gasteiger partial charge in [-0.15, -0.1) is 0 Å². The fourth-order valence-electron chi connectivity index (χ4n) is 2.49. The third-order valence-corrected chi connectivity index (χ3v) is 3.87. The Morgan fingerprint density at radius 1 is 1.00 bits per heavy atom. The highest BCUT2D eigenvalue weighted by molar-refractivity contribution is 5.99. The lowest BCUT2D eigenvalue weighted by Crippen LogP contribution is -2.32. The monoisotopic (exact) mass is 372 g/mol. The molecule has 0 heterocycles. The van der Waals surface area contributed by atoms with E-state index in [-0.39, 0.29) is 12.5 Å². The van der Waals surface area contributed by atoms with Crippen LogP contribution in [0.15, 0.2) is 36.4 Å². The third kappa shape index (κ3) is 5.37. The Morgan fingerprint density at radius 3 is 2.11 bits per heavy atom. The molecule has 0 fully saturated rings. The maximum atomic E-state index is 12.3. The predicted octanol–water partition coefficient (Wildman–Crippen LogP) is 2.78. The van der Waals surface area contributed by atoms with Gasteiger partial charge in [-0.05, 0) is 50.2 Å². The van der Waals surface area contributed by atoms with Crippen LogP contribution in [0.1, 0.15) is 22.8 Å². The number of amides is 2. The molecule has 2 N–H and O–H groups in total. The van der Waals surface area contributed by atoms with Gasteiger partial charge in [0.25, 0.3) is 5.91 Å². The molecular formula is C20H24N2O5. The zero-order valence-corrected chi connectivity index (χ0v) is 15.9. The number of ether oxygens (including phenoxy) is 3. The van der Waals surface area contributed by atoms with E-state index in [2.05, 4.69) is 10.6 Å². The number of hydrogen-bond acceptors (Lipinski definition) is 5. The summed E-state index contributed by atoms with van der Waals surface area (Å²) in [5.74, 6) is 1.08. The van der Waals surface area contributed by atoms with E-state index < -0.39 is 5.91 Å². The molecule has 0 bridgehead atoms. The van der Waals surface area contributed by atoms with Gasteiger partial charge in [0.1, 0.15) is 17.2 Å². The molecule has 0 aromatic heterocycles. The van der Waals surface area contributed by atoms with Gasteiger partial charge in [-0.2, -0.15) is 0 Å². The lowest BCUT2D eigenvalue weighted by Gasteiger charge is -2.13. The van der Waals surface area contributed by atoms with Gasteiger partial charge in [-0.25, -0.2) is 0 Å². The minimum Gasteiger partial charge on any atom is -0.496 e. The number of anilines is 1. The third-order valence-electron chi connectivity index (χ3n) is 3.87. The minimum atomic E-state index is -0.395. The molecule has 0 aliphatic carbocycles. The summed E-state index contributed by atoms with van der Waals surface area (Å²) < 4.78 is 15.9. The second-order valence-corrected chi connectivity index (χ2v) is 5.69. The Balaban J connectivity index is 1.95. The quantitative estimate of drug-likeness (QED) is 0.744. The van der Waals surface area contributed by atoms with Crippen LogP contribution >= 0.6 is 0 Å². The maximum Gasteiger partial charge on any atom is 0.251 e. The molecule has 0 aliphatic heterocycles. The van der Waals surface area contributed by atoms with Crippen LogP contribution in [0.2, 0.25) is 0 Å². The second kappa shape index (κ2) is 9.47. The van der Waals surface area contributed by atoms with Crippen molar-refractivity contribution in [3.05, 3.63) is 47.5 Å². The molecule has 0 radical (unpaired) electrons. The summed E-state index contributed by atoms with van der Waals surface area (Å²) in [5.41, 5.74) is 1.77. The molecule has 0 atom stereocenters. The Bertz CT molecular complexity index is 778. The van der Waals surface area contributed by atoms with Crippen molar-refractivity contribution < 1.29 is 23.8 Å². The van der Waals surface area contributed by atoms with Gasteiger partial charge in [-0.3, -0.25) is 9.59 Å². The average Bonchev–Trinajstić information content (AvgIpc) is 2.68. The fraction of sp³-hybridized carbons (Fsp3) is 0.300. The summed E-state index contributed by atoms with van der Waals surface area (Å²) in [6.45, 7) is 4.15. The maximum absolute atomic E-state index is 12.3. The average molecular weight is 372 g/mol. The first kappa shape index (κ1) is 20.1. The second-order valence-electron chi connectivity index (χ2n) is 5.69. The first-order valence-corrected chi connectivity index (χ1v) is 8.52. The zero-order valence-electron chi connectivity index (χ0n) is 15.9. The highest BCUT2D eigenvalue weighted by atomic mass is 16.5. The van der Waals surface area contributed by atoms with Gasteiger partial charge in [0, 0.05) is 16.8 Å². The Labute approximate surface area is 158 Å². The SMILES string of the molecule is CCOc1ccc(NC(=O)CNC(=O)c2cc(OC)c(C)c(OC)c2)cc1. The van der Waals surface area contributed by atoms with Gasteiger partial charge in [-0.1, -0.05) is 0 Å². The summed E-state index contributed by atoms with van der Waals surface area (Å²) in [6, 6.07) is 10.2. The highest BCUT2D eigenvalue weighted by Gasteiger charge is 2.14. The number of carbonyl (C=O) groups is 2. The highest BCUT2D eigenvalue weighted by Crippen LogP contribution is 2.29. The molecule has 2 amide bonds. The van der Waals surface area contributed by atoms with Crippen molar-refractivity contribution in [3.63, 3.8) is 0 Å². The molecule has 0 saturated carbocycles. The smallest absolute Gasteiger partial charge is 0.251 e. The van der Waals surface area contributed by atoms with Gasteiger partial charge in [0.15, 0.2) is 0 Å². The van der Waals surface area contributed by atoms with Crippen molar-refractivity contribution in [1.82, 2.24) is 5.32 Å². The summed E-state index contributed by atoms with van der Waals surface area (Å²) in [6.07, 6.45) is 0. The van der Waals surface area contributed by atoms with E-state index in [1.807, 2.05) is 13.8 Å². The molecule has 0 saturated heterocycles. The lowest BCUT2D eigenvalue weighted by atomic mass is 10.1.